The third kappa shape index (κ3) is 3.64. The number of hydrogen-bond acceptors (Lipinski definition) is 6. The molecule has 1 aliphatic rings. The van der Waals surface area contributed by atoms with E-state index in [1.807, 2.05) is 34.3 Å². The van der Waals surface area contributed by atoms with Gasteiger partial charge in [0.25, 0.3) is 0 Å². The minimum absolute atomic E-state index is 0.0393. The van der Waals surface area contributed by atoms with Gasteiger partial charge < -0.3 is 15.0 Å². The molecule has 1 fully saturated rings. The fourth-order valence-corrected chi connectivity index (χ4v) is 3.63. The third-order valence-corrected chi connectivity index (χ3v) is 4.91. The van der Waals surface area contributed by atoms with Crippen LogP contribution in [0, 0.1) is 0 Å². The second kappa shape index (κ2) is 7.20. The minimum atomic E-state index is -0.0393. The van der Waals surface area contributed by atoms with Gasteiger partial charge in [-0.25, -0.2) is 9.97 Å². The molecule has 0 aliphatic carbocycles. The Morgan fingerprint density at radius 2 is 2.24 bits per heavy atom. The lowest BCUT2D eigenvalue weighted by atomic mass is 10.2. The van der Waals surface area contributed by atoms with E-state index in [0.717, 1.165) is 35.1 Å². The number of amides is 1. The number of imidazole rings is 1. The van der Waals surface area contributed by atoms with Crippen LogP contribution in [0.1, 0.15) is 11.3 Å². The van der Waals surface area contributed by atoms with Crippen LogP contribution in [-0.4, -0.2) is 46.6 Å². The van der Waals surface area contributed by atoms with E-state index in [9.17, 15) is 4.79 Å². The van der Waals surface area contributed by atoms with Crippen LogP contribution >= 0.6 is 11.3 Å². The predicted octanol–water partition coefficient (Wildman–Crippen LogP) is 1.49. The molecule has 0 unspecified atom stereocenters. The molecule has 3 aromatic rings. The first-order chi connectivity index (χ1) is 12.3. The highest BCUT2D eigenvalue weighted by atomic mass is 32.1. The number of nitrogens with zero attached hydrogens (tertiary/aromatic N) is 4. The van der Waals surface area contributed by atoms with Crippen molar-refractivity contribution >= 4 is 28.0 Å². The highest BCUT2D eigenvalue weighted by molar-refractivity contribution is 7.15. The summed E-state index contributed by atoms with van der Waals surface area (Å²) in [6, 6.07) is 3.90. The van der Waals surface area contributed by atoms with Crippen LogP contribution in [0.2, 0.25) is 0 Å². The molecule has 3 aromatic heterocycles. The molecule has 4 rings (SSSR count). The second-order valence-electron chi connectivity index (χ2n) is 5.86. The number of rotatable bonds is 5. The summed E-state index contributed by atoms with van der Waals surface area (Å²) < 4.78 is 7.33. The number of carbonyl (C=O) groups is 1. The van der Waals surface area contributed by atoms with Gasteiger partial charge in [-0.3, -0.25) is 9.20 Å². The first kappa shape index (κ1) is 16.0. The summed E-state index contributed by atoms with van der Waals surface area (Å²) in [5.74, 6) is 0.885. The van der Waals surface area contributed by atoms with E-state index in [0.29, 0.717) is 19.8 Å². The maximum Gasteiger partial charge on any atom is 0.226 e. The molecule has 8 heteroatoms. The van der Waals surface area contributed by atoms with Crippen LogP contribution in [0.4, 0.5) is 5.82 Å². The monoisotopic (exact) mass is 357 g/mol. The van der Waals surface area contributed by atoms with Crippen molar-refractivity contribution in [3.63, 3.8) is 0 Å². The molecular weight excluding hydrogens is 338 g/mol. The number of ether oxygens (including phenoxy) is 1. The molecule has 1 saturated heterocycles. The molecule has 130 valence electrons. The highest BCUT2D eigenvalue weighted by Crippen LogP contribution is 2.18. The van der Waals surface area contributed by atoms with Crippen LogP contribution in [0.3, 0.4) is 0 Å². The quantitative estimate of drug-likeness (QED) is 0.749. The van der Waals surface area contributed by atoms with Gasteiger partial charge in [-0.2, -0.15) is 0 Å². The largest absolute Gasteiger partial charge is 0.378 e. The van der Waals surface area contributed by atoms with Crippen LogP contribution in [-0.2, 0) is 22.5 Å². The van der Waals surface area contributed by atoms with Crippen LogP contribution in [0.15, 0.2) is 36.1 Å². The number of carbonyl (C=O) groups excluding carboxylic acids is 1. The van der Waals surface area contributed by atoms with Crippen LogP contribution < -0.4 is 10.2 Å². The molecule has 1 aliphatic heterocycles. The van der Waals surface area contributed by atoms with Crippen molar-refractivity contribution < 1.29 is 9.53 Å². The Labute approximate surface area is 149 Å². The standard InChI is InChI=1S/C17H19N5O2S/c23-15(10-14-12-22-6-9-25-17(22)20-14)19-11-13-2-1-3-18-16(13)21-4-7-24-8-5-21/h1-3,6,9,12H,4-5,7-8,10-11H2,(H,19,23). The van der Waals surface area contributed by atoms with Gasteiger partial charge >= 0.3 is 0 Å². The molecule has 0 radical (unpaired) electrons. The maximum absolute atomic E-state index is 12.3. The summed E-state index contributed by atoms with van der Waals surface area (Å²) in [5, 5.41) is 4.95. The van der Waals surface area contributed by atoms with E-state index in [2.05, 4.69) is 20.2 Å². The molecule has 0 bridgehead atoms. The SMILES string of the molecule is O=C(Cc1cn2ccsc2n1)NCc1cccnc1N1CCOCC1. The van der Waals surface area contributed by atoms with E-state index in [1.54, 1.807) is 17.5 Å². The molecule has 4 heterocycles. The number of anilines is 1. The number of nitrogens with one attached hydrogen (secondary N) is 1. The average Bonchev–Trinajstić information content (AvgIpc) is 3.22. The van der Waals surface area contributed by atoms with Crippen molar-refractivity contribution in [2.45, 2.75) is 13.0 Å². The molecular formula is C17H19N5O2S. The van der Waals surface area contributed by atoms with Gasteiger partial charge in [0.15, 0.2) is 4.96 Å². The zero-order valence-corrected chi connectivity index (χ0v) is 14.5. The molecule has 25 heavy (non-hydrogen) atoms. The van der Waals surface area contributed by atoms with E-state index in [-0.39, 0.29) is 12.3 Å². The Kier molecular flexibility index (Phi) is 4.62. The highest BCUT2D eigenvalue weighted by Gasteiger charge is 2.16. The number of pyridine rings is 1. The number of fused-ring (bicyclic) bond motifs is 1. The smallest absolute Gasteiger partial charge is 0.226 e. The topological polar surface area (TPSA) is 71.8 Å². The molecule has 1 amide bonds. The lowest BCUT2D eigenvalue weighted by Crippen LogP contribution is -2.38. The van der Waals surface area contributed by atoms with Crippen molar-refractivity contribution in [1.82, 2.24) is 19.7 Å². The fraction of sp³-hybridized carbons (Fsp3) is 0.353. The Balaban J connectivity index is 1.39. The molecule has 0 saturated carbocycles. The second-order valence-corrected chi connectivity index (χ2v) is 6.74. The number of morpholine rings is 1. The summed E-state index contributed by atoms with van der Waals surface area (Å²) in [7, 11) is 0. The lowest BCUT2D eigenvalue weighted by molar-refractivity contribution is -0.120. The van der Waals surface area contributed by atoms with Gasteiger partial charge in [0.2, 0.25) is 5.91 Å². The summed E-state index contributed by atoms with van der Waals surface area (Å²) in [6.45, 7) is 3.52. The molecule has 0 atom stereocenters. The summed E-state index contributed by atoms with van der Waals surface area (Å²) in [5.41, 5.74) is 1.80. The van der Waals surface area contributed by atoms with Gasteiger partial charge in [0, 0.05) is 49.2 Å². The number of hydrogen-bond donors (Lipinski definition) is 1. The Hall–Kier alpha value is -2.45. The normalized spacial score (nSPS) is 14.8. The van der Waals surface area contributed by atoms with E-state index in [4.69, 9.17) is 4.74 Å². The van der Waals surface area contributed by atoms with Gasteiger partial charge in [-0.15, -0.1) is 11.3 Å². The first-order valence-corrected chi connectivity index (χ1v) is 9.12. The van der Waals surface area contributed by atoms with Gasteiger partial charge in [-0.1, -0.05) is 6.07 Å². The molecule has 0 aromatic carbocycles. The van der Waals surface area contributed by atoms with Crippen LogP contribution in [0.5, 0.6) is 0 Å². The van der Waals surface area contributed by atoms with Crippen molar-refractivity contribution in [2.24, 2.45) is 0 Å². The van der Waals surface area contributed by atoms with Gasteiger partial charge in [0.1, 0.15) is 5.82 Å². The van der Waals surface area contributed by atoms with Gasteiger partial charge in [-0.05, 0) is 6.07 Å². The Morgan fingerprint density at radius 1 is 1.36 bits per heavy atom. The molecule has 7 nitrogen and oxygen atoms in total. The van der Waals surface area contributed by atoms with Crippen molar-refractivity contribution in [1.29, 1.82) is 0 Å². The Bertz CT molecular complexity index is 840. The average molecular weight is 357 g/mol. The van der Waals surface area contributed by atoms with Gasteiger partial charge in [0.05, 0.1) is 25.3 Å². The van der Waals surface area contributed by atoms with E-state index >= 15 is 0 Å². The minimum Gasteiger partial charge on any atom is -0.378 e. The fourth-order valence-electron chi connectivity index (χ4n) is 2.91. The van der Waals surface area contributed by atoms with Crippen LogP contribution in [0.25, 0.3) is 4.96 Å². The zero-order chi connectivity index (χ0) is 17.1. The van der Waals surface area contributed by atoms with E-state index in [1.165, 1.54) is 0 Å². The molecule has 1 N–H and O–H groups in total. The lowest BCUT2D eigenvalue weighted by Gasteiger charge is -2.29. The number of thiazole rings is 1. The number of aromatic nitrogens is 3. The van der Waals surface area contributed by atoms with Crippen molar-refractivity contribution in [3.05, 3.63) is 47.4 Å². The summed E-state index contributed by atoms with van der Waals surface area (Å²) in [6.07, 6.45) is 5.91. The molecule has 0 spiro atoms. The van der Waals surface area contributed by atoms with Crippen molar-refractivity contribution in [3.8, 4) is 0 Å². The summed E-state index contributed by atoms with van der Waals surface area (Å²) >= 11 is 1.56. The Morgan fingerprint density at radius 3 is 3.08 bits per heavy atom. The van der Waals surface area contributed by atoms with E-state index < -0.39 is 0 Å². The maximum atomic E-state index is 12.3. The summed E-state index contributed by atoms with van der Waals surface area (Å²) in [4.78, 5) is 24.3. The first-order valence-electron chi connectivity index (χ1n) is 8.24. The zero-order valence-electron chi connectivity index (χ0n) is 13.7. The third-order valence-electron chi connectivity index (χ3n) is 4.14. The van der Waals surface area contributed by atoms with Crippen molar-refractivity contribution in [2.75, 3.05) is 31.2 Å². The predicted molar refractivity (Wildman–Crippen MR) is 95.9 cm³/mol.